The van der Waals surface area contributed by atoms with E-state index in [4.69, 9.17) is 5.73 Å². The standard InChI is InChI=1S/C16H13NO/c17-16(18)10-11-5-8-15-13(9-11)7-6-12-3-1-2-4-14(12)15/h1-9H,10H2,(H2,17,18). The van der Waals surface area contributed by atoms with Crippen molar-refractivity contribution >= 4 is 27.5 Å². The number of primary amides is 1. The molecule has 0 bridgehead atoms. The monoisotopic (exact) mass is 235 g/mol. The Bertz CT molecular complexity index is 746. The van der Waals surface area contributed by atoms with Gasteiger partial charge in [0.15, 0.2) is 0 Å². The van der Waals surface area contributed by atoms with Crippen molar-refractivity contribution < 1.29 is 4.79 Å². The highest BCUT2D eigenvalue weighted by atomic mass is 16.1. The van der Waals surface area contributed by atoms with Gasteiger partial charge in [0, 0.05) is 0 Å². The van der Waals surface area contributed by atoms with E-state index in [1.165, 1.54) is 16.2 Å². The fourth-order valence-corrected chi connectivity index (χ4v) is 2.37. The molecule has 3 aromatic rings. The predicted octanol–water partition coefficient (Wildman–Crippen LogP) is 3.02. The van der Waals surface area contributed by atoms with E-state index in [0.717, 1.165) is 10.9 Å². The van der Waals surface area contributed by atoms with Crippen LogP contribution >= 0.6 is 0 Å². The smallest absolute Gasteiger partial charge is 0.221 e. The molecule has 1 amide bonds. The van der Waals surface area contributed by atoms with Crippen LogP contribution in [-0.4, -0.2) is 5.91 Å². The molecule has 0 heterocycles. The van der Waals surface area contributed by atoms with Crippen molar-refractivity contribution in [1.29, 1.82) is 0 Å². The third-order valence-corrected chi connectivity index (χ3v) is 3.19. The van der Waals surface area contributed by atoms with Crippen LogP contribution in [0.4, 0.5) is 0 Å². The average molecular weight is 235 g/mol. The van der Waals surface area contributed by atoms with Gasteiger partial charge in [-0.1, -0.05) is 54.6 Å². The van der Waals surface area contributed by atoms with E-state index < -0.39 is 0 Å². The topological polar surface area (TPSA) is 43.1 Å². The number of nitrogens with two attached hydrogens (primary N) is 1. The third kappa shape index (κ3) is 1.82. The fourth-order valence-electron chi connectivity index (χ4n) is 2.37. The van der Waals surface area contributed by atoms with Gasteiger partial charge in [-0.15, -0.1) is 0 Å². The van der Waals surface area contributed by atoms with Crippen molar-refractivity contribution in [2.24, 2.45) is 5.73 Å². The molecule has 0 saturated carbocycles. The van der Waals surface area contributed by atoms with Gasteiger partial charge in [-0.3, -0.25) is 4.79 Å². The number of carbonyl (C=O) groups is 1. The summed E-state index contributed by atoms with van der Waals surface area (Å²) >= 11 is 0. The zero-order valence-corrected chi connectivity index (χ0v) is 9.89. The number of carbonyl (C=O) groups excluding carboxylic acids is 1. The number of rotatable bonds is 2. The van der Waals surface area contributed by atoms with Gasteiger partial charge in [-0.25, -0.2) is 0 Å². The predicted molar refractivity (Wildman–Crippen MR) is 74.4 cm³/mol. The van der Waals surface area contributed by atoms with E-state index in [2.05, 4.69) is 30.3 Å². The minimum absolute atomic E-state index is 0.294. The van der Waals surface area contributed by atoms with Crippen molar-refractivity contribution in [1.82, 2.24) is 0 Å². The summed E-state index contributed by atoms with van der Waals surface area (Å²) in [6.07, 6.45) is 0.294. The Morgan fingerprint density at radius 1 is 0.889 bits per heavy atom. The first-order valence-electron chi connectivity index (χ1n) is 5.93. The molecule has 0 aliphatic carbocycles. The van der Waals surface area contributed by atoms with Gasteiger partial charge in [0.2, 0.25) is 5.91 Å². The highest BCUT2D eigenvalue weighted by Gasteiger charge is 2.03. The zero-order valence-electron chi connectivity index (χ0n) is 9.89. The number of hydrogen-bond donors (Lipinski definition) is 1. The lowest BCUT2D eigenvalue weighted by Crippen LogP contribution is -2.13. The Balaban J connectivity index is 2.24. The summed E-state index contributed by atoms with van der Waals surface area (Å²) in [4.78, 5) is 10.9. The SMILES string of the molecule is NC(=O)Cc1ccc2c(ccc3ccccc32)c1. The molecule has 0 fully saturated rings. The molecule has 0 saturated heterocycles. The van der Waals surface area contributed by atoms with E-state index >= 15 is 0 Å². The molecule has 2 N–H and O–H groups in total. The summed E-state index contributed by atoms with van der Waals surface area (Å²) in [5.41, 5.74) is 6.18. The average Bonchev–Trinajstić information content (AvgIpc) is 2.37. The van der Waals surface area contributed by atoms with Gasteiger partial charge in [0.1, 0.15) is 0 Å². The van der Waals surface area contributed by atoms with Crippen LogP contribution < -0.4 is 5.73 Å². The summed E-state index contributed by atoms with van der Waals surface area (Å²) in [5.74, 6) is -0.296. The van der Waals surface area contributed by atoms with Gasteiger partial charge in [-0.05, 0) is 27.1 Å². The molecular formula is C16H13NO. The molecule has 0 atom stereocenters. The van der Waals surface area contributed by atoms with Crippen molar-refractivity contribution in [3.05, 3.63) is 60.2 Å². The first kappa shape index (κ1) is 10.8. The van der Waals surface area contributed by atoms with E-state index in [-0.39, 0.29) is 5.91 Å². The quantitative estimate of drug-likeness (QED) is 0.682. The third-order valence-electron chi connectivity index (χ3n) is 3.19. The van der Waals surface area contributed by atoms with Crippen LogP contribution in [0.5, 0.6) is 0 Å². The van der Waals surface area contributed by atoms with Gasteiger partial charge in [-0.2, -0.15) is 0 Å². The van der Waals surface area contributed by atoms with Crippen LogP contribution in [0.15, 0.2) is 54.6 Å². The van der Waals surface area contributed by atoms with Gasteiger partial charge < -0.3 is 5.73 Å². The number of benzene rings is 3. The van der Waals surface area contributed by atoms with Crippen molar-refractivity contribution in [2.75, 3.05) is 0 Å². The lowest BCUT2D eigenvalue weighted by atomic mass is 9.99. The Kier molecular flexibility index (Phi) is 2.49. The lowest BCUT2D eigenvalue weighted by molar-refractivity contribution is -0.117. The van der Waals surface area contributed by atoms with Crippen molar-refractivity contribution in [3.63, 3.8) is 0 Å². The van der Waals surface area contributed by atoms with E-state index in [9.17, 15) is 4.79 Å². The maximum absolute atomic E-state index is 10.9. The summed E-state index contributed by atoms with van der Waals surface area (Å²) in [6, 6.07) is 18.6. The van der Waals surface area contributed by atoms with Crippen molar-refractivity contribution in [2.45, 2.75) is 6.42 Å². The molecule has 2 heteroatoms. The molecule has 88 valence electrons. The van der Waals surface area contributed by atoms with Gasteiger partial charge >= 0.3 is 0 Å². The molecular weight excluding hydrogens is 222 g/mol. The molecule has 2 nitrogen and oxygen atoms in total. The zero-order chi connectivity index (χ0) is 12.5. The maximum atomic E-state index is 10.9. The van der Waals surface area contributed by atoms with E-state index in [1.54, 1.807) is 0 Å². The highest BCUT2D eigenvalue weighted by molar-refractivity contribution is 6.07. The Morgan fingerprint density at radius 2 is 1.61 bits per heavy atom. The number of fused-ring (bicyclic) bond motifs is 3. The second kappa shape index (κ2) is 4.15. The summed E-state index contributed by atoms with van der Waals surface area (Å²) in [7, 11) is 0. The van der Waals surface area contributed by atoms with Crippen LogP contribution in [0.1, 0.15) is 5.56 Å². The molecule has 0 radical (unpaired) electrons. The molecule has 3 aromatic carbocycles. The summed E-state index contributed by atoms with van der Waals surface area (Å²) in [5, 5.41) is 4.82. The fraction of sp³-hybridized carbons (Fsp3) is 0.0625. The van der Waals surface area contributed by atoms with Crippen LogP contribution in [0, 0.1) is 0 Å². The minimum Gasteiger partial charge on any atom is -0.369 e. The summed E-state index contributed by atoms with van der Waals surface area (Å²) < 4.78 is 0. The van der Waals surface area contributed by atoms with Crippen LogP contribution in [-0.2, 0) is 11.2 Å². The molecule has 0 aromatic heterocycles. The normalized spacial score (nSPS) is 10.9. The Hall–Kier alpha value is -2.35. The first-order chi connectivity index (χ1) is 8.74. The number of hydrogen-bond acceptors (Lipinski definition) is 1. The van der Waals surface area contributed by atoms with Crippen LogP contribution in [0.3, 0.4) is 0 Å². The molecule has 0 unspecified atom stereocenters. The second-order valence-electron chi connectivity index (χ2n) is 4.49. The van der Waals surface area contributed by atoms with E-state index in [0.29, 0.717) is 6.42 Å². The van der Waals surface area contributed by atoms with E-state index in [1.807, 2.05) is 24.3 Å². The molecule has 18 heavy (non-hydrogen) atoms. The van der Waals surface area contributed by atoms with Crippen LogP contribution in [0.25, 0.3) is 21.5 Å². The molecule has 0 aliphatic rings. The molecule has 0 spiro atoms. The Labute approximate surface area is 105 Å². The second-order valence-corrected chi connectivity index (χ2v) is 4.49. The highest BCUT2D eigenvalue weighted by Crippen LogP contribution is 2.26. The Morgan fingerprint density at radius 3 is 2.44 bits per heavy atom. The van der Waals surface area contributed by atoms with Crippen LogP contribution in [0.2, 0.25) is 0 Å². The first-order valence-corrected chi connectivity index (χ1v) is 5.93. The molecule has 0 aliphatic heterocycles. The minimum atomic E-state index is -0.296. The number of amides is 1. The maximum Gasteiger partial charge on any atom is 0.221 e. The lowest BCUT2D eigenvalue weighted by Gasteiger charge is -2.05. The summed E-state index contributed by atoms with van der Waals surface area (Å²) in [6.45, 7) is 0. The van der Waals surface area contributed by atoms with Crippen molar-refractivity contribution in [3.8, 4) is 0 Å². The largest absolute Gasteiger partial charge is 0.369 e. The van der Waals surface area contributed by atoms with Gasteiger partial charge in [0.05, 0.1) is 6.42 Å². The molecule has 3 rings (SSSR count). The van der Waals surface area contributed by atoms with Gasteiger partial charge in [0.25, 0.3) is 0 Å².